The second-order valence-corrected chi connectivity index (χ2v) is 6.38. The van der Waals surface area contributed by atoms with Crippen LogP contribution in [-0.2, 0) is 0 Å². The lowest BCUT2D eigenvalue weighted by atomic mass is 9.87. The lowest BCUT2D eigenvalue weighted by molar-refractivity contribution is 0.0457. The van der Waals surface area contributed by atoms with Crippen molar-refractivity contribution in [3.8, 4) is 5.75 Å². The summed E-state index contributed by atoms with van der Waals surface area (Å²) in [6.07, 6.45) is 5.87. The van der Waals surface area contributed by atoms with Gasteiger partial charge >= 0.3 is 0 Å². The molecule has 2 aliphatic heterocycles. The number of amides is 1. The highest BCUT2D eigenvalue weighted by Gasteiger charge is 2.34. The quantitative estimate of drug-likeness (QED) is 0.879. The van der Waals surface area contributed by atoms with Gasteiger partial charge in [-0.2, -0.15) is 0 Å². The number of hydrogen-bond acceptors (Lipinski definition) is 3. The minimum Gasteiger partial charge on any atom is -0.507 e. The number of nitrogens with one attached hydrogen (secondary N) is 1. The van der Waals surface area contributed by atoms with E-state index >= 15 is 0 Å². The summed E-state index contributed by atoms with van der Waals surface area (Å²) in [7, 11) is 0. The zero-order chi connectivity index (χ0) is 14.8. The maximum Gasteiger partial charge on any atom is 0.255 e. The number of phenols is 1. The van der Waals surface area contributed by atoms with Crippen molar-refractivity contribution >= 4 is 5.91 Å². The SMILES string of the molecule is C[C@@H]1CCC[C@@H]2C[C@@H](NC(=O)c3ccccc3O)CCN21. The number of para-hydroxylation sites is 1. The number of benzene rings is 1. The summed E-state index contributed by atoms with van der Waals surface area (Å²) in [5, 5.41) is 12.9. The van der Waals surface area contributed by atoms with Crippen molar-refractivity contribution in [3.05, 3.63) is 29.8 Å². The van der Waals surface area contributed by atoms with Gasteiger partial charge in [0, 0.05) is 24.7 Å². The molecular weight excluding hydrogens is 264 g/mol. The first-order valence-electron chi connectivity index (χ1n) is 7.99. The molecule has 2 heterocycles. The molecule has 1 aromatic rings. The Labute approximate surface area is 126 Å². The molecule has 1 amide bonds. The Morgan fingerprint density at radius 1 is 1.29 bits per heavy atom. The number of hydrogen-bond donors (Lipinski definition) is 2. The van der Waals surface area contributed by atoms with Crippen molar-refractivity contribution in [2.75, 3.05) is 6.54 Å². The van der Waals surface area contributed by atoms with Crippen LogP contribution in [0.25, 0.3) is 0 Å². The van der Waals surface area contributed by atoms with Gasteiger partial charge in [0.25, 0.3) is 5.91 Å². The van der Waals surface area contributed by atoms with Crippen molar-refractivity contribution < 1.29 is 9.90 Å². The normalized spacial score (nSPS) is 29.7. The third kappa shape index (κ3) is 3.05. The third-order valence-corrected chi connectivity index (χ3v) is 4.97. The first kappa shape index (κ1) is 14.4. The predicted molar refractivity (Wildman–Crippen MR) is 82.4 cm³/mol. The van der Waals surface area contributed by atoms with Crippen molar-refractivity contribution in [2.45, 2.75) is 57.2 Å². The second-order valence-electron chi connectivity index (χ2n) is 6.38. The second kappa shape index (κ2) is 6.06. The van der Waals surface area contributed by atoms with Crippen LogP contribution in [0.5, 0.6) is 5.75 Å². The lowest BCUT2D eigenvalue weighted by Gasteiger charge is -2.46. The summed E-state index contributed by atoms with van der Waals surface area (Å²) in [6.45, 7) is 3.38. The third-order valence-electron chi connectivity index (χ3n) is 4.97. The van der Waals surface area contributed by atoms with E-state index in [2.05, 4.69) is 17.1 Å². The van der Waals surface area contributed by atoms with Crippen molar-refractivity contribution in [2.24, 2.45) is 0 Å². The minimum atomic E-state index is -0.157. The summed E-state index contributed by atoms with van der Waals surface area (Å²) in [6, 6.07) is 8.25. The average Bonchev–Trinajstić information content (AvgIpc) is 2.48. The molecule has 4 heteroatoms. The maximum absolute atomic E-state index is 12.3. The lowest BCUT2D eigenvalue weighted by Crippen LogP contribution is -2.54. The Bertz CT molecular complexity index is 517. The summed E-state index contributed by atoms with van der Waals surface area (Å²) in [4.78, 5) is 14.9. The van der Waals surface area contributed by atoms with Crippen molar-refractivity contribution in [3.63, 3.8) is 0 Å². The average molecular weight is 288 g/mol. The molecular formula is C17H24N2O2. The number of phenolic OH excluding ortho intramolecular Hbond substituents is 1. The number of rotatable bonds is 2. The Hall–Kier alpha value is -1.55. The van der Waals surface area contributed by atoms with Crippen LogP contribution in [0.3, 0.4) is 0 Å². The number of aromatic hydroxyl groups is 1. The highest BCUT2D eigenvalue weighted by molar-refractivity contribution is 5.96. The van der Waals surface area contributed by atoms with E-state index in [9.17, 15) is 9.90 Å². The molecule has 2 aliphatic rings. The van der Waals surface area contributed by atoms with Gasteiger partial charge in [-0.25, -0.2) is 0 Å². The molecule has 1 aromatic carbocycles. The smallest absolute Gasteiger partial charge is 0.255 e. The highest BCUT2D eigenvalue weighted by atomic mass is 16.3. The van der Waals surface area contributed by atoms with E-state index in [-0.39, 0.29) is 17.7 Å². The van der Waals surface area contributed by atoms with E-state index in [4.69, 9.17) is 0 Å². The number of nitrogens with zero attached hydrogens (tertiary/aromatic N) is 1. The molecule has 0 radical (unpaired) electrons. The van der Waals surface area contributed by atoms with Crippen LogP contribution in [0, 0.1) is 0 Å². The maximum atomic E-state index is 12.3. The van der Waals surface area contributed by atoms with Crippen molar-refractivity contribution in [1.29, 1.82) is 0 Å². The fourth-order valence-electron chi connectivity index (χ4n) is 3.81. The first-order chi connectivity index (χ1) is 10.1. The van der Waals surface area contributed by atoms with Gasteiger partial charge in [0.2, 0.25) is 0 Å². The number of carbonyl (C=O) groups is 1. The molecule has 3 rings (SSSR count). The monoisotopic (exact) mass is 288 g/mol. The van der Waals surface area contributed by atoms with Gasteiger partial charge in [-0.15, -0.1) is 0 Å². The summed E-state index contributed by atoms with van der Waals surface area (Å²) in [5.41, 5.74) is 0.372. The van der Waals surface area contributed by atoms with Crippen LogP contribution in [0.15, 0.2) is 24.3 Å². The molecule has 0 aliphatic carbocycles. The Balaban J connectivity index is 1.62. The van der Waals surface area contributed by atoms with Crippen molar-refractivity contribution in [1.82, 2.24) is 10.2 Å². The fourth-order valence-corrected chi connectivity index (χ4v) is 3.81. The number of piperidine rings is 2. The minimum absolute atomic E-state index is 0.0544. The van der Waals surface area contributed by atoms with Gasteiger partial charge in [-0.1, -0.05) is 18.6 Å². The van der Waals surface area contributed by atoms with Crippen LogP contribution < -0.4 is 5.32 Å². The fraction of sp³-hybridized carbons (Fsp3) is 0.588. The topological polar surface area (TPSA) is 52.6 Å². The van der Waals surface area contributed by atoms with E-state index < -0.39 is 0 Å². The molecule has 4 nitrogen and oxygen atoms in total. The standard InChI is InChI=1S/C17H24N2O2/c1-12-5-4-6-14-11-13(9-10-19(12)14)18-17(21)15-7-2-3-8-16(15)20/h2-3,7-8,12-14,20H,4-6,9-11H2,1H3,(H,18,21)/t12-,13+,14-/m1/s1. The molecule has 0 bridgehead atoms. The van der Waals surface area contributed by atoms with Gasteiger partial charge in [0.15, 0.2) is 0 Å². The predicted octanol–water partition coefficient (Wildman–Crippen LogP) is 2.53. The van der Waals surface area contributed by atoms with E-state index in [0.717, 1.165) is 19.4 Å². The molecule has 0 aromatic heterocycles. The number of carbonyl (C=O) groups excluding carboxylic acids is 1. The highest BCUT2D eigenvalue weighted by Crippen LogP contribution is 2.30. The van der Waals surface area contributed by atoms with Gasteiger partial charge < -0.3 is 10.4 Å². The molecule has 0 spiro atoms. The molecule has 114 valence electrons. The molecule has 21 heavy (non-hydrogen) atoms. The summed E-state index contributed by atoms with van der Waals surface area (Å²) in [5.74, 6) is -0.103. The van der Waals surface area contributed by atoms with E-state index in [1.807, 2.05) is 0 Å². The molecule has 2 N–H and O–H groups in total. The summed E-state index contributed by atoms with van der Waals surface area (Å²) >= 11 is 0. The number of fused-ring (bicyclic) bond motifs is 1. The Morgan fingerprint density at radius 2 is 2.10 bits per heavy atom. The molecule has 0 unspecified atom stereocenters. The zero-order valence-electron chi connectivity index (χ0n) is 12.6. The molecule has 2 fully saturated rings. The Kier molecular flexibility index (Phi) is 4.15. The Morgan fingerprint density at radius 3 is 2.90 bits per heavy atom. The first-order valence-corrected chi connectivity index (χ1v) is 7.99. The van der Waals surface area contributed by atoms with Crippen LogP contribution in [0.2, 0.25) is 0 Å². The van der Waals surface area contributed by atoms with Gasteiger partial charge in [0.1, 0.15) is 5.75 Å². The van der Waals surface area contributed by atoms with Crippen LogP contribution in [0.1, 0.15) is 49.4 Å². The molecule has 3 atom stereocenters. The van der Waals surface area contributed by atoms with E-state index in [1.54, 1.807) is 24.3 Å². The largest absolute Gasteiger partial charge is 0.507 e. The van der Waals surface area contributed by atoms with E-state index in [0.29, 0.717) is 17.6 Å². The zero-order valence-corrected chi connectivity index (χ0v) is 12.6. The van der Waals surface area contributed by atoms with Gasteiger partial charge in [-0.05, 0) is 44.7 Å². The van der Waals surface area contributed by atoms with Gasteiger partial charge in [0.05, 0.1) is 5.56 Å². The van der Waals surface area contributed by atoms with Crippen LogP contribution >= 0.6 is 0 Å². The summed E-state index contributed by atoms with van der Waals surface area (Å²) < 4.78 is 0. The molecule has 2 saturated heterocycles. The van der Waals surface area contributed by atoms with Crippen LogP contribution in [0.4, 0.5) is 0 Å². The van der Waals surface area contributed by atoms with Gasteiger partial charge in [-0.3, -0.25) is 9.69 Å². The van der Waals surface area contributed by atoms with E-state index in [1.165, 1.54) is 19.3 Å². The van der Waals surface area contributed by atoms with Crippen LogP contribution in [-0.4, -0.2) is 40.6 Å². The molecule has 0 saturated carbocycles.